The molecule has 2 aromatic carbocycles. The van der Waals surface area contributed by atoms with Crippen LogP contribution in [-0.4, -0.2) is 71.2 Å². The van der Waals surface area contributed by atoms with Gasteiger partial charge in [-0.25, -0.2) is 0 Å². The average molecular weight is 472 g/mol. The van der Waals surface area contributed by atoms with E-state index in [0.717, 1.165) is 48.4 Å². The Labute approximate surface area is 207 Å². The summed E-state index contributed by atoms with van der Waals surface area (Å²) in [5.74, 6) is 1.21. The van der Waals surface area contributed by atoms with Crippen LogP contribution >= 0.6 is 0 Å². The molecule has 1 aromatic heterocycles. The molecule has 0 unspecified atom stereocenters. The number of rotatable bonds is 6. The van der Waals surface area contributed by atoms with Crippen molar-refractivity contribution in [3.8, 4) is 16.9 Å². The Kier molecular flexibility index (Phi) is 7.11. The van der Waals surface area contributed by atoms with Gasteiger partial charge in [-0.05, 0) is 65.9 Å². The number of aliphatic hydroxyl groups is 1. The second-order valence-corrected chi connectivity index (χ2v) is 9.51. The number of aliphatic hydroxyl groups excluding tert-OH is 1. The van der Waals surface area contributed by atoms with Gasteiger partial charge in [-0.3, -0.25) is 14.7 Å². The van der Waals surface area contributed by atoms with E-state index in [-0.39, 0.29) is 30.5 Å². The topological polar surface area (TPSA) is 65.9 Å². The molecule has 0 bridgehead atoms. The Bertz CT molecular complexity index is 1140. The molecule has 3 atom stereocenters. The zero-order valence-corrected chi connectivity index (χ0v) is 20.2. The first-order chi connectivity index (χ1) is 17.2. The molecular formula is C29H33N3O3. The van der Waals surface area contributed by atoms with Crippen LogP contribution < -0.4 is 4.74 Å². The lowest BCUT2D eigenvalue weighted by Gasteiger charge is -2.57. The number of nitrogens with zero attached hydrogens (tertiary/aromatic N) is 3. The van der Waals surface area contributed by atoms with Crippen LogP contribution in [0.25, 0.3) is 11.1 Å². The van der Waals surface area contributed by atoms with Crippen LogP contribution in [-0.2, 0) is 11.2 Å². The van der Waals surface area contributed by atoms with Crippen molar-refractivity contribution in [2.75, 3.05) is 33.4 Å². The van der Waals surface area contributed by atoms with Crippen LogP contribution in [0.5, 0.6) is 5.75 Å². The van der Waals surface area contributed by atoms with Gasteiger partial charge < -0.3 is 14.7 Å². The lowest BCUT2D eigenvalue weighted by Crippen LogP contribution is -2.68. The summed E-state index contributed by atoms with van der Waals surface area (Å²) < 4.78 is 5.37. The highest BCUT2D eigenvalue weighted by Gasteiger charge is 2.49. The maximum atomic E-state index is 13.2. The van der Waals surface area contributed by atoms with E-state index in [1.165, 1.54) is 5.56 Å². The molecule has 0 spiro atoms. The fourth-order valence-corrected chi connectivity index (χ4v) is 5.65. The molecule has 3 heterocycles. The van der Waals surface area contributed by atoms with E-state index in [0.29, 0.717) is 13.0 Å². The first-order valence-electron chi connectivity index (χ1n) is 12.5. The second-order valence-electron chi connectivity index (χ2n) is 9.51. The fourth-order valence-electron chi connectivity index (χ4n) is 5.65. The van der Waals surface area contributed by atoms with Crippen LogP contribution in [0, 0.1) is 0 Å². The minimum absolute atomic E-state index is 0.0953. The molecule has 0 radical (unpaired) electrons. The highest BCUT2D eigenvalue weighted by molar-refractivity contribution is 5.78. The summed E-state index contributed by atoms with van der Waals surface area (Å²) in [6.07, 6.45) is 5.90. The minimum atomic E-state index is 0.0953. The summed E-state index contributed by atoms with van der Waals surface area (Å²) in [5, 5.41) is 10.2. The van der Waals surface area contributed by atoms with Crippen molar-refractivity contribution in [1.29, 1.82) is 0 Å². The Morgan fingerprint density at radius 1 is 1.03 bits per heavy atom. The van der Waals surface area contributed by atoms with E-state index in [9.17, 15) is 9.90 Å². The fraction of sp³-hybridized carbons (Fsp3) is 0.379. The first kappa shape index (κ1) is 23.5. The van der Waals surface area contributed by atoms with Crippen molar-refractivity contribution >= 4 is 5.91 Å². The maximum Gasteiger partial charge on any atom is 0.227 e. The lowest BCUT2D eigenvalue weighted by atomic mass is 9.74. The summed E-state index contributed by atoms with van der Waals surface area (Å²) >= 11 is 0. The van der Waals surface area contributed by atoms with Gasteiger partial charge in [0, 0.05) is 43.5 Å². The third-order valence-corrected chi connectivity index (χ3v) is 7.53. The molecule has 6 nitrogen and oxygen atoms in total. The molecule has 35 heavy (non-hydrogen) atoms. The van der Waals surface area contributed by atoms with Crippen molar-refractivity contribution in [3.05, 3.63) is 84.2 Å². The smallest absolute Gasteiger partial charge is 0.227 e. The minimum Gasteiger partial charge on any atom is -0.497 e. The molecule has 2 fully saturated rings. The first-order valence-corrected chi connectivity index (χ1v) is 12.5. The summed E-state index contributed by atoms with van der Waals surface area (Å²) in [6.45, 7) is 2.59. The number of amides is 1. The molecule has 182 valence electrons. The Hall–Kier alpha value is -3.22. The van der Waals surface area contributed by atoms with Gasteiger partial charge in [0.25, 0.3) is 0 Å². The highest BCUT2D eigenvalue weighted by atomic mass is 16.5. The largest absolute Gasteiger partial charge is 0.497 e. The van der Waals surface area contributed by atoms with Gasteiger partial charge >= 0.3 is 0 Å². The van der Waals surface area contributed by atoms with Gasteiger partial charge in [-0.1, -0.05) is 36.4 Å². The molecule has 3 aromatic rings. The van der Waals surface area contributed by atoms with Crippen molar-refractivity contribution in [2.45, 2.75) is 37.3 Å². The molecule has 1 N–H and O–H groups in total. The standard InChI is InChI=1S/C29H33N3O3/c1-35-25-6-4-5-24(18-25)22-7-9-23(10-8-22)29-26-19-31(15-2-3-16-32(26)27(29)20-33)28(34)17-21-11-13-30-14-12-21/h4-14,18,26-27,29,33H,2-3,15-17,19-20H2,1H3/t26-,27+,29+/m1/s1. The molecule has 0 saturated carbocycles. The predicted octanol–water partition coefficient (Wildman–Crippen LogP) is 3.75. The summed E-state index contributed by atoms with van der Waals surface area (Å²) in [6, 6.07) is 20.9. The number of carbonyl (C=O) groups excluding carboxylic acids is 1. The highest BCUT2D eigenvalue weighted by Crippen LogP contribution is 2.42. The number of aromatic nitrogens is 1. The SMILES string of the molecule is COc1cccc(-c2ccc([C@H]3[C@H]4CN(C(=O)Cc5ccncc5)CCCCN4[C@H]3CO)cc2)c1. The van der Waals surface area contributed by atoms with Crippen molar-refractivity contribution in [3.63, 3.8) is 0 Å². The van der Waals surface area contributed by atoms with Gasteiger partial charge in [0.2, 0.25) is 5.91 Å². The van der Waals surface area contributed by atoms with Gasteiger partial charge in [-0.15, -0.1) is 0 Å². The normalized spacial score (nSPS) is 22.5. The number of hydrogen-bond acceptors (Lipinski definition) is 5. The summed E-state index contributed by atoms with van der Waals surface area (Å²) in [5.41, 5.74) is 4.47. The van der Waals surface area contributed by atoms with Crippen LogP contribution in [0.4, 0.5) is 0 Å². The monoisotopic (exact) mass is 471 g/mol. The number of ether oxygens (including phenoxy) is 1. The average Bonchev–Trinajstić information content (AvgIpc) is 2.88. The van der Waals surface area contributed by atoms with Crippen molar-refractivity contribution in [2.24, 2.45) is 0 Å². The van der Waals surface area contributed by atoms with E-state index in [1.807, 2.05) is 35.2 Å². The maximum absolute atomic E-state index is 13.2. The second kappa shape index (κ2) is 10.6. The van der Waals surface area contributed by atoms with Crippen molar-refractivity contribution in [1.82, 2.24) is 14.8 Å². The summed E-state index contributed by atoms with van der Waals surface area (Å²) in [7, 11) is 1.68. The molecule has 0 aliphatic carbocycles. The number of fused-ring (bicyclic) bond motifs is 1. The van der Waals surface area contributed by atoms with E-state index >= 15 is 0 Å². The lowest BCUT2D eigenvalue weighted by molar-refractivity contribution is -0.135. The Morgan fingerprint density at radius 2 is 1.80 bits per heavy atom. The quantitative estimate of drug-likeness (QED) is 0.593. The van der Waals surface area contributed by atoms with Gasteiger partial charge in [-0.2, -0.15) is 0 Å². The Morgan fingerprint density at radius 3 is 2.54 bits per heavy atom. The van der Waals surface area contributed by atoms with E-state index in [1.54, 1.807) is 19.5 Å². The van der Waals surface area contributed by atoms with Crippen LogP contribution in [0.1, 0.15) is 29.9 Å². The predicted molar refractivity (Wildman–Crippen MR) is 136 cm³/mol. The molecule has 1 amide bonds. The van der Waals surface area contributed by atoms with Gasteiger partial charge in [0.1, 0.15) is 5.75 Å². The Balaban J connectivity index is 1.35. The number of pyridine rings is 1. The molecule has 2 aliphatic heterocycles. The van der Waals surface area contributed by atoms with Gasteiger partial charge in [0.15, 0.2) is 0 Å². The molecule has 5 rings (SSSR count). The zero-order valence-electron chi connectivity index (χ0n) is 20.2. The van der Waals surface area contributed by atoms with Gasteiger partial charge in [0.05, 0.1) is 20.1 Å². The number of methoxy groups -OCH3 is 1. The number of hydrogen-bond donors (Lipinski definition) is 1. The molecule has 2 saturated heterocycles. The zero-order chi connectivity index (χ0) is 24.2. The van der Waals surface area contributed by atoms with E-state index < -0.39 is 0 Å². The molecule has 6 heteroatoms. The van der Waals surface area contributed by atoms with Crippen LogP contribution in [0.3, 0.4) is 0 Å². The number of carbonyl (C=O) groups is 1. The molecular weight excluding hydrogens is 438 g/mol. The third-order valence-electron chi connectivity index (χ3n) is 7.53. The van der Waals surface area contributed by atoms with Crippen LogP contribution in [0.2, 0.25) is 0 Å². The van der Waals surface area contributed by atoms with E-state index in [2.05, 4.69) is 40.2 Å². The number of benzene rings is 2. The molecule has 2 aliphatic rings. The van der Waals surface area contributed by atoms with E-state index in [4.69, 9.17) is 4.74 Å². The van der Waals surface area contributed by atoms with Crippen molar-refractivity contribution < 1.29 is 14.6 Å². The summed E-state index contributed by atoms with van der Waals surface area (Å²) in [4.78, 5) is 21.7. The third kappa shape index (κ3) is 4.95. The van der Waals surface area contributed by atoms with Crippen LogP contribution in [0.15, 0.2) is 73.1 Å².